The fourth-order valence-corrected chi connectivity index (χ4v) is 7.55. The summed E-state index contributed by atoms with van der Waals surface area (Å²) in [6.07, 6.45) is -0.0355. The highest BCUT2D eigenvalue weighted by Crippen LogP contribution is 2.61. The number of anilines is 2. The van der Waals surface area contributed by atoms with Crippen LogP contribution in [0.2, 0.25) is 0 Å². The van der Waals surface area contributed by atoms with Gasteiger partial charge in [0.1, 0.15) is 11.6 Å². The number of hydrogen-bond donors (Lipinski definition) is 0. The first-order valence-corrected chi connectivity index (χ1v) is 14.3. The molecule has 0 unspecified atom stereocenters. The number of carbonyl (C=O) groups is 4. The fourth-order valence-electron chi connectivity index (χ4n) is 7.55. The number of rotatable bonds is 4. The van der Waals surface area contributed by atoms with Crippen molar-refractivity contribution >= 4 is 35.1 Å². The number of benzene rings is 4. The quantitative estimate of drug-likeness (QED) is 0.191. The minimum absolute atomic E-state index is 0.0355. The second kappa shape index (κ2) is 9.46. The van der Waals surface area contributed by atoms with E-state index in [0.717, 1.165) is 22.3 Å². The highest BCUT2D eigenvalue weighted by atomic mass is 19.1. The summed E-state index contributed by atoms with van der Waals surface area (Å²) in [4.78, 5) is 56.5. The van der Waals surface area contributed by atoms with Gasteiger partial charge in [0.25, 0.3) is 0 Å². The molecule has 43 heavy (non-hydrogen) atoms. The van der Waals surface area contributed by atoms with Crippen LogP contribution < -0.4 is 14.5 Å². The van der Waals surface area contributed by atoms with Crippen molar-refractivity contribution in [1.82, 2.24) is 0 Å². The van der Waals surface area contributed by atoms with E-state index in [1.807, 2.05) is 24.3 Å². The Bertz CT molecular complexity index is 1740. The van der Waals surface area contributed by atoms with Gasteiger partial charge in [0.05, 0.1) is 23.4 Å². The van der Waals surface area contributed by atoms with Gasteiger partial charge in [-0.3, -0.25) is 19.2 Å². The summed E-state index contributed by atoms with van der Waals surface area (Å²) < 4.78 is 19.0. The van der Waals surface area contributed by atoms with Crippen molar-refractivity contribution in [3.8, 4) is 5.75 Å². The van der Waals surface area contributed by atoms with Crippen LogP contribution in [0.25, 0.3) is 0 Å². The van der Waals surface area contributed by atoms with E-state index in [4.69, 9.17) is 4.74 Å². The monoisotopic (exact) mass is 572 g/mol. The molecule has 0 spiro atoms. The second-order valence-electron chi connectivity index (χ2n) is 11.6. The third-order valence-corrected chi connectivity index (χ3v) is 9.34. The lowest BCUT2D eigenvalue weighted by Crippen LogP contribution is -2.41. The summed E-state index contributed by atoms with van der Waals surface area (Å²) in [6.45, 7) is 0.110. The summed E-state index contributed by atoms with van der Waals surface area (Å²) in [6, 6.07) is 28.1. The average molecular weight is 573 g/mol. The Kier molecular flexibility index (Phi) is 5.63. The Morgan fingerprint density at radius 2 is 1.26 bits per heavy atom. The molecule has 2 bridgehead atoms. The molecule has 5 aliphatic rings. The molecular weight excluding hydrogens is 547 g/mol. The van der Waals surface area contributed by atoms with Crippen LogP contribution in [0.15, 0.2) is 97.1 Å². The van der Waals surface area contributed by atoms with Crippen molar-refractivity contribution < 1.29 is 28.3 Å². The van der Waals surface area contributed by atoms with Crippen molar-refractivity contribution in [2.75, 3.05) is 16.3 Å². The van der Waals surface area contributed by atoms with Crippen molar-refractivity contribution in [1.29, 1.82) is 0 Å². The highest BCUT2D eigenvalue weighted by Gasteiger charge is 2.61. The van der Waals surface area contributed by atoms with Gasteiger partial charge in [0, 0.05) is 36.6 Å². The second-order valence-corrected chi connectivity index (χ2v) is 11.6. The molecule has 2 saturated heterocycles. The van der Waals surface area contributed by atoms with Crippen molar-refractivity contribution in [3.63, 3.8) is 0 Å². The van der Waals surface area contributed by atoms with Gasteiger partial charge in [-0.2, -0.15) is 0 Å². The largest absolute Gasteiger partial charge is 0.426 e. The standard InChI is InChI=1S/C35H25FN2O5/c36-20-12-14-21(15-13-20)37-18-19(16-28(37)39)35(42)43-23-7-5-6-22(17-23)38-33(40)31-29-24-8-1-2-9-25(24)30(32(31)34(38)41)27-11-4-3-10-26(27)29/h1-15,17,19,29-32H,16,18H2/t19-,29?,30?,31-,32+/m1/s1. The van der Waals surface area contributed by atoms with E-state index >= 15 is 0 Å². The van der Waals surface area contributed by atoms with Crippen molar-refractivity contribution in [2.24, 2.45) is 17.8 Å². The van der Waals surface area contributed by atoms with E-state index in [9.17, 15) is 23.6 Å². The van der Waals surface area contributed by atoms with Crippen molar-refractivity contribution in [2.45, 2.75) is 18.3 Å². The molecule has 0 aromatic heterocycles. The Morgan fingerprint density at radius 1 is 0.698 bits per heavy atom. The maximum absolute atomic E-state index is 14.1. The zero-order valence-corrected chi connectivity index (χ0v) is 22.9. The van der Waals surface area contributed by atoms with Crippen LogP contribution in [0, 0.1) is 23.6 Å². The normalized spacial score (nSPS) is 25.0. The molecule has 0 N–H and O–H groups in total. The molecule has 3 atom stereocenters. The zero-order chi connectivity index (χ0) is 29.4. The number of ether oxygens (including phenoxy) is 1. The molecule has 2 aliphatic heterocycles. The molecule has 2 fully saturated rings. The number of imide groups is 1. The number of carbonyl (C=O) groups excluding carboxylic acids is 4. The predicted octanol–water partition coefficient (Wildman–Crippen LogP) is 5.18. The number of nitrogens with zero attached hydrogens (tertiary/aromatic N) is 2. The van der Waals surface area contributed by atoms with Gasteiger partial charge in [-0.25, -0.2) is 9.29 Å². The molecule has 7 nitrogen and oxygen atoms in total. The Morgan fingerprint density at radius 3 is 1.81 bits per heavy atom. The maximum atomic E-state index is 14.1. The molecule has 8 heteroatoms. The van der Waals surface area contributed by atoms with Gasteiger partial charge in [0.15, 0.2) is 0 Å². The number of amides is 3. The van der Waals surface area contributed by atoms with Gasteiger partial charge in [-0.15, -0.1) is 0 Å². The lowest BCUT2D eigenvalue weighted by atomic mass is 9.55. The van der Waals surface area contributed by atoms with Crippen LogP contribution in [0.1, 0.15) is 40.5 Å². The molecule has 4 aromatic rings. The predicted molar refractivity (Wildman–Crippen MR) is 155 cm³/mol. The summed E-state index contributed by atoms with van der Waals surface area (Å²) in [7, 11) is 0. The van der Waals surface area contributed by atoms with E-state index in [1.54, 1.807) is 18.2 Å². The summed E-state index contributed by atoms with van der Waals surface area (Å²) in [5, 5.41) is 0. The minimum Gasteiger partial charge on any atom is -0.426 e. The van der Waals surface area contributed by atoms with E-state index in [1.165, 1.54) is 40.1 Å². The third-order valence-electron chi connectivity index (χ3n) is 9.34. The van der Waals surface area contributed by atoms with Crippen LogP contribution in [-0.2, 0) is 19.2 Å². The van der Waals surface area contributed by atoms with Gasteiger partial charge < -0.3 is 9.64 Å². The van der Waals surface area contributed by atoms with E-state index < -0.39 is 29.5 Å². The van der Waals surface area contributed by atoms with Crippen molar-refractivity contribution in [3.05, 3.63) is 125 Å². The van der Waals surface area contributed by atoms with E-state index in [2.05, 4.69) is 24.3 Å². The number of halogens is 1. The first-order chi connectivity index (χ1) is 20.9. The molecule has 2 heterocycles. The van der Waals surface area contributed by atoms with Crippen LogP contribution in [0.5, 0.6) is 5.75 Å². The number of hydrogen-bond acceptors (Lipinski definition) is 5. The van der Waals surface area contributed by atoms with Gasteiger partial charge in [-0.05, 0) is 58.7 Å². The van der Waals surface area contributed by atoms with Crippen LogP contribution >= 0.6 is 0 Å². The Labute approximate surface area is 246 Å². The van der Waals surface area contributed by atoms with Crippen LogP contribution in [-0.4, -0.2) is 30.2 Å². The SMILES string of the molecule is O=C(Oc1cccc(N2C(=O)[C@@H]3C4c5ccccc5C(c5ccccc54)[C@@H]3C2=O)c1)[C@@H]1CC(=O)N(c2ccc(F)cc2)C1. The molecule has 212 valence electrons. The first-order valence-electron chi connectivity index (χ1n) is 14.3. The highest BCUT2D eigenvalue weighted by molar-refractivity contribution is 6.23. The average Bonchev–Trinajstić information content (AvgIpc) is 3.54. The third kappa shape index (κ3) is 3.79. The molecule has 0 saturated carbocycles. The zero-order valence-electron chi connectivity index (χ0n) is 22.9. The lowest BCUT2D eigenvalue weighted by Gasteiger charge is -2.45. The molecule has 0 radical (unpaired) electrons. The molecule has 3 aliphatic carbocycles. The lowest BCUT2D eigenvalue weighted by molar-refractivity contribution is -0.139. The maximum Gasteiger partial charge on any atom is 0.316 e. The van der Waals surface area contributed by atoms with E-state index in [0.29, 0.717) is 11.4 Å². The smallest absolute Gasteiger partial charge is 0.316 e. The first kappa shape index (κ1) is 25.6. The summed E-state index contributed by atoms with van der Waals surface area (Å²) in [5.74, 6) is -3.77. The van der Waals surface area contributed by atoms with Gasteiger partial charge in [-0.1, -0.05) is 54.6 Å². The van der Waals surface area contributed by atoms with Crippen LogP contribution in [0.4, 0.5) is 15.8 Å². The molecule has 4 aromatic carbocycles. The number of esters is 1. The van der Waals surface area contributed by atoms with Crippen LogP contribution in [0.3, 0.4) is 0 Å². The minimum atomic E-state index is -0.716. The Balaban J connectivity index is 1.06. The fraction of sp³-hybridized carbons (Fsp3) is 0.200. The Hall–Kier alpha value is -5.11. The summed E-state index contributed by atoms with van der Waals surface area (Å²) >= 11 is 0. The van der Waals surface area contributed by atoms with E-state index in [-0.39, 0.29) is 48.3 Å². The molecule has 9 rings (SSSR count). The van der Waals surface area contributed by atoms with Gasteiger partial charge in [0.2, 0.25) is 17.7 Å². The van der Waals surface area contributed by atoms with Gasteiger partial charge >= 0.3 is 5.97 Å². The molecule has 3 amide bonds. The topological polar surface area (TPSA) is 84.0 Å². The molecular formula is C35H25FN2O5. The summed E-state index contributed by atoms with van der Waals surface area (Å²) in [5.41, 5.74) is 5.24.